The van der Waals surface area contributed by atoms with Crippen molar-refractivity contribution in [3.05, 3.63) is 54.6 Å². The second kappa shape index (κ2) is 6.31. The molecule has 0 bridgehead atoms. The van der Waals surface area contributed by atoms with Crippen LogP contribution < -0.4 is 10.1 Å². The standard InChI is InChI=1S/C17H18N2O2/c20-17(19-11-4-5-12-19)18-14-7-6-10-16(13-14)21-15-8-2-1-3-9-15/h1-3,6-10,13H,4-5,11-12H2,(H,18,20). The summed E-state index contributed by atoms with van der Waals surface area (Å²) in [5.74, 6) is 1.49. The van der Waals surface area contributed by atoms with Gasteiger partial charge in [0, 0.05) is 24.8 Å². The number of benzene rings is 2. The summed E-state index contributed by atoms with van der Waals surface area (Å²) in [4.78, 5) is 13.9. The molecule has 2 aromatic carbocycles. The molecule has 0 unspecified atom stereocenters. The van der Waals surface area contributed by atoms with E-state index in [1.54, 1.807) is 0 Å². The average Bonchev–Trinajstić information content (AvgIpc) is 3.03. The van der Waals surface area contributed by atoms with Crippen molar-refractivity contribution in [2.75, 3.05) is 18.4 Å². The fourth-order valence-electron chi connectivity index (χ4n) is 2.38. The molecule has 4 nitrogen and oxygen atoms in total. The number of hydrogen-bond donors (Lipinski definition) is 1. The Balaban J connectivity index is 1.66. The quantitative estimate of drug-likeness (QED) is 0.920. The van der Waals surface area contributed by atoms with Crippen LogP contribution in [0.15, 0.2) is 54.6 Å². The number of nitrogens with one attached hydrogen (secondary N) is 1. The van der Waals surface area contributed by atoms with Crippen LogP contribution in [0.5, 0.6) is 11.5 Å². The lowest BCUT2D eigenvalue weighted by Crippen LogP contribution is -2.32. The van der Waals surface area contributed by atoms with E-state index >= 15 is 0 Å². The van der Waals surface area contributed by atoms with Crippen LogP contribution in [-0.4, -0.2) is 24.0 Å². The van der Waals surface area contributed by atoms with Crippen molar-refractivity contribution in [1.82, 2.24) is 4.90 Å². The second-order valence-corrected chi connectivity index (χ2v) is 5.07. The first-order valence-electron chi connectivity index (χ1n) is 7.20. The molecule has 1 N–H and O–H groups in total. The molecule has 1 saturated heterocycles. The molecule has 0 spiro atoms. The van der Waals surface area contributed by atoms with Gasteiger partial charge in [-0.25, -0.2) is 4.79 Å². The Morgan fingerprint density at radius 3 is 2.43 bits per heavy atom. The van der Waals surface area contributed by atoms with E-state index in [0.29, 0.717) is 5.75 Å². The molecule has 1 heterocycles. The van der Waals surface area contributed by atoms with Crippen LogP contribution >= 0.6 is 0 Å². The number of ether oxygens (including phenoxy) is 1. The Morgan fingerprint density at radius 2 is 1.67 bits per heavy atom. The molecule has 1 aliphatic heterocycles. The first-order chi connectivity index (χ1) is 10.3. The third-order valence-electron chi connectivity index (χ3n) is 3.46. The third kappa shape index (κ3) is 3.54. The molecule has 1 fully saturated rings. The number of carbonyl (C=O) groups is 1. The van der Waals surface area contributed by atoms with Crippen molar-refractivity contribution in [1.29, 1.82) is 0 Å². The van der Waals surface area contributed by atoms with Crippen molar-refractivity contribution in [3.8, 4) is 11.5 Å². The average molecular weight is 282 g/mol. The smallest absolute Gasteiger partial charge is 0.321 e. The molecule has 2 amide bonds. The van der Waals surface area contributed by atoms with E-state index in [9.17, 15) is 4.79 Å². The van der Waals surface area contributed by atoms with Gasteiger partial charge in [0.15, 0.2) is 0 Å². The van der Waals surface area contributed by atoms with E-state index in [2.05, 4.69) is 5.32 Å². The lowest BCUT2D eigenvalue weighted by atomic mass is 10.3. The monoisotopic (exact) mass is 282 g/mol. The number of carbonyl (C=O) groups excluding carboxylic acids is 1. The molecule has 3 rings (SSSR count). The molecule has 0 radical (unpaired) electrons. The SMILES string of the molecule is O=C(Nc1cccc(Oc2ccccc2)c1)N1CCCC1. The zero-order valence-electron chi connectivity index (χ0n) is 11.8. The van der Waals surface area contributed by atoms with Gasteiger partial charge in [-0.1, -0.05) is 24.3 Å². The minimum atomic E-state index is -0.0376. The van der Waals surface area contributed by atoms with E-state index in [1.807, 2.05) is 59.5 Å². The Hall–Kier alpha value is -2.49. The van der Waals surface area contributed by atoms with Crippen molar-refractivity contribution in [2.45, 2.75) is 12.8 Å². The number of urea groups is 1. The maximum Gasteiger partial charge on any atom is 0.321 e. The zero-order chi connectivity index (χ0) is 14.5. The molecule has 0 saturated carbocycles. The minimum absolute atomic E-state index is 0.0376. The first-order valence-corrected chi connectivity index (χ1v) is 7.20. The summed E-state index contributed by atoms with van der Waals surface area (Å²) >= 11 is 0. The van der Waals surface area contributed by atoms with Crippen LogP contribution in [0.25, 0.3) is 0 Å². The molecule has 0 aliphatic carbocycles. The predicted molar refractivity (Wildman–Crippen MR) is 82.8 cm³/mol. The Kier molecular flexibility index (Phi) is 4.05. The molecule has 2 aromatic rings. The lowest BCUT2D eigenvalue weighted by molar-refractivity contribution is 0.222. The summed E-state index contributed by atoms with van der Waals surface area (Å²) in [7, 11) is 0. The van der Waals surface area contributed by atoms with E-state index in [1.165, 1.54) is 0 Å². The van der Waals surface area contributed by atoms with Crippen LogP contribution in [0.4, 0.5) is 10.5 Å². The predicted octanol–water partition coefficient (Wildman–Crippen LogP) is 4.11. The van der Waals surface area contributed by atoms with Gasteiger partial charge in [0.1, 0.15) is 11.5 Å². The largest absolute Gasteiger partial charge is 0.457 e. The van der Waals surface area contributed by atoms with Gasteiger partial charge in [-0.2, -0.15) is 0 Å². The highest BCUT2D eigenvalue weighted by molar-refractivity contribution is 5.89. The zero-order valence-corrected chi connectivity index (χ0v) is 11.8. The number of amides is 2. The summed E-state index contributed by atoms with van der Waals surface area (Å²) in [6.45, 7) is 1.68. The summed E-state index contributed by atoms with van der Waals surface area (Å²) in [5.41, 5.74) is 0.750. The molecule has 108 valence electrons. The molecule has 4 heteroatoms. The van der Waals surface area contributed by atoms with Gasteiger partial charge in [0.25, 0.3) is 0 Å². The van der Waals surface area contributed by atoms with Gasteiger partial charge in [-0.15, -0.1) is 0 Å². The summed E-state index contributed by atoms with van der Waals surface area (Å²) < 4.78 is 5.76. The maximum absolute atomic E-state index is 12.1. The third-order valence-corrected chi connectivity index (χ3v) is 3.46. The normalized spacial score (nSPS) is 14.0. The molecule has 0 aromatic heterocycles. The van der Waals surface area contributed by atoms with Crippen molar-refractivity contribution in [2.24, 2.45) is 0 Å². The van der Waals surface area contributed by atoms with Crippen molar-refractivity contribution < 1.29 is 9.53 Å². The molecular weight excluding hydrogens is 264 g/mol. The highest BCUT2D eigenvalue weighted by atomic mass is 16.5. The summed E-state index contributed by atoms with van der Waals surface area (Å²) in [6, 6.07) is 17.0. The number of hydrogen-bond acceptors (Lipinski definition) is 2. The molecule has 0 atom stereocenters. The van der Waals surface area contributed by atoms with Crippen LogP contribution in [0, 0.1) is 0 Å². The fourth-order valence-corrected chi connectivity index (χ4v) is 2.38. The highest BCUT2D eigenvalue weighted by Gasteiger charge is 2.17. The van der Waals surface area contributed by atoms with Crippen LogP contribution in [-0.2, 0) is 0 Å². The van der Waals surface area contributed by atoms with Gasteiger partial charge in [-0.3, -0.25) is 0 Å². The van der Waals surface area contributed by atoms with Gasteiger partial charge in [0.05, 0.1) is 0 Å². The fraction of sp³-hybridized carbons (Fsp3) is 0.235. The Labute approximate surface area is 124 Å². The topological polar surface area (TPSA) is 41.6 Å². The minimum Gasteiger partial charge on any atom is -0.457 e. The van der Waals surface area contributed by atoms with Gasteiger partial charge in [-0.05, 0) is 37.1 Å². The number of rotatable bonds is 3. The van der Waals surface area contributed by atoms with Crippen LogP contribution in [0.2, 0.25) is 0 Å². The van der Waals surface area contributed by atoms with E-state index in [0.717, 1.165) is 37.4 Å². The molecule has 1 aliphatic rings. The highest BCUT2D eigenvalue weighted by Crippen LogP contribution is 2.24. The second-order valence-electron chi connectivity index (χ2n) is 5.07. The van der Waals surface area contributed by atoms with Crippen molar-refractivity contribution >= 4 is 11.7 Å². The molecular formula is C17H18N2O2. The Morgan fingerprint density at radius 1 is 0.952 bits per heavy atom. The van der Waals surface area contributed by atoms with Gasteiger partial charge < -0.3 is 15.0 Å². The number of nitrogens with zero attached hydrogens (tertiary/aromatic N) is 1. The van der Waals surface area contributed by atoms with Gasteiger partial charge in [0.2, 0.25) is 0 Å². The van der Waals surface area contributed by atoms with E-state index < -0.39 is 0 Å². The number of anilines is 1. The number of likely N-dealkylation sites (tertiary alicyclic amines) is 1. The Bertz CT molecular complexity index is 607. The first kappa shape index (κ1) is 13.5. The maximum atomic E-state index is 12.1. The van der Waals surface area contributed by atoms with Crippen LogP contribution in [0.3, 0.4) is 0 Å². The number of para-hydroxylation sites is 1. The van der Waals surface area contributed by atoms with Gasteiger partial charge >= 0.3 is 6.03 Å². The molecule has 21 heavy (non-hydrogen) atoms. The van der Waals surface area contributed by atoms with E-state index in [4.69, 9.17) is 4.74 Å². The summed E-state index contributed by atoms with van der Waals surface area (Å²) in [5, 5.41) is 2.92. The van der Waals surface area contributed by atoms with E-state index in [-0.39, 0.29) is 6.03 Å². The van der Waals surface area contributed by atoms with Crippen molar-refractivity contribution in [3.63, 3.8) is 0 Å². The van der Waals surface area contributed by atoms with Crippen LogP contribution in [0.1, 0.15) is 12.8 Å². The lowest BCUT2D eigenvalue weighted by Gasteiger charge is -2.16. The summed E-state index contributed by atoms with van der Waals surface area (Å²) in [6.07, 6.45) is 2.18.